The Bertz CT molecular complexity index is 549. The maximum absolute atomic E-state index is 13.2. The Morgan fingerprint density at radius 2 is 1.48 bits per heavy atom. The van der Waals surface area contributed by atoms with Crippen molar-refractivity contribution in [1.29, 1.82) is 0 Å². The van der Waals surface area contributed by atoms with Gasteiger partial charge in [0.1, 0.15) is 6.10 Å². The van der Waals surface area contributed by atoms with Crippen LogP contribution in [0.1, 0.15) is 11.1 Å². The molecule has 0 amide bonds. The van der Waals surface area contributed by atoms with E-state index in [2.05, 4.69) is 4.74 Å². The molecule has 0 fully saturated rings. The number of alkyl halides is 6. The lowest BCUT2D eigenvalue weighted by molar-refractivity contribution is -0.443. The maximum atomic E-state index is 13.2. The topological polar surface area (TPSA) is 79.2 Å². The number of aliphatic hydroxyl groups is 3. The first kappa shape index (κ1) is 21.6. The van der Waals surface area contributed by atoms with Crippen molar-refractivity contribution in [2.24, 2.45) is 0 Å². The standard InChI is InChI=1S/C14H16F6O5/c15-12(16,13(17,18)23)14(19,20)25-7-10-4-2-1-3-9(10)6-24-8-11(22)5-21/h1-4,11,21-23H,5-8H2. The van der Waals surface area contributed by atoms with Gasteiger partial charge in [0.2, 0.25) is 0 Å². The summed E-state index contributed by atoms with van der Waals surface area (Å²) in [6.07, 6.45) is -12.8. The summed E-state index contributed by atoms with van der Waals surface area (Å²) in [5.41, 5.74) is 0.153. The van der Waals surface area contributed by atoms with E-state index in [1.54, 1.807) is 0 Å². The molecule has 0 saturated heterocycles. The van der Waals surface area contributed by atoms with Crippen LogP contribution >= 0.6 is 0 Å². The van der Waals surface area contributed by atoms with Crippen LogP contribution in [0.2, 0.25) is 0 Å². The van der Waals surface area contributed by atoms with Gasteiger partial charge in [0.25, 0.3) is 0 Å². The van der Waals surface area contributed by atoms with E-state index in [1.807, 2.05) is 0 Å². The highest BCUT2D eigenvalue weighted by Crippen LogP contribution is 2.45. The number of rotatable bonds is 10. The lowest BCUT2D eigenvalue weighted by Gasteiger charge is -2.29. The maximum Gasteiger partial charge on any atom is 0.428 e. The van der Waals surface area contributed by atoms with Gasteiger partial charge in [-0.3, -0.25) is 0 Å². The molecule has 25 heavy (non-hydrogen) atoms. The van der Waals surface area contributed by atoms with Crippen molar-refractivity contribution < 1.29 is 51.1 Å². The molecule has 0 aliphatic carbocycles. The molecule has 5 nitrogen and oxygen atoms in total. The third kappa shape index (κ3) is 5.54. The van der Waals surface area contributed by atoms with Crippen molar-refractivity contribution >= 4 is 0 Å². The van der Waals surface area contributed by atoms with E-state index in [4.69, 9.17) is 20.1 Å². The first-order valence-electron chi connectivity index (χ1n) is 6.85. The molecule has 1 rings (SSSR count). The first-order valence-corrected chi connectivity index (χ1v) is 6.85. The zero-order chi connectivity index (χ0) is 19.3. The minimum atomic E-state index is -6.13. The molecule has 11 heteroatoms. The third-order valence-corrected chi connectivity index (χ3v) is 3.05. The van der Waals surface area contributed by atoms with Gasteiger partial charge >= 0.3 is 18.1 Å². The molecule has 0 bridgehead atoms. The molecule has 1 aromatic carbocycles. The Morgan fingerprint density at radius 3 is 1.96 bits per heavy atom. The van der Waals surface area contributed by atoms with E-state index in [0.717, 1.165) is 0 Å². The average molecular weight is 378 g/mol. The fourth-order valence-corrected chi connectivity index (χ4v) is 1.63. The summed E-state index contributed by atoms with van der Waals surface area (Å²) < 4.78 is 85.4. The van der Waals surface area contributed by atoms with Crippen LogP contribution in [0.3, 0.4) is 0 Å². The van der Waals surface area contributed by atoms with Crippen molar-refractivity contribution in [3.8, 4) is 0 Å². The summed E-state index contributed by atoms with van der Waals surface area (Å²) in [6.45, 7) is -2.26. The van der Waals surface area contributed by atoms with Crippen LogP contribution in [0.5, 0.6) is 0 Å². The number of benzene rings is 1. The van der Waals surface area contributed by atoms with E-state index >= 15 is 0 Å². The Kier molecular flexibility index (Phi) is 7.20. The van der Waals surface area contributed by atoms with Gasteiger partial charge in [0.15, 0.2) is 0 Å². The lowest BCUT2D eigenvalue weighted by Crippen LogP contribution is -2.55. The summed E-state index contributed by atoms with van der Waals surface area (Å²) >= 11 is 0. The second-order valence-corrected chi connectivity index (χ2v) is 5.04. The minimum Gasteiger partial charge on any atom is -0.394 e. The zero-order valence-corrected chi connectivity index (χ0v) is 12.6. The normalized spacial score (nSPS) is 14.6. The highest BCUT2D eigenvalue weighted by atomic mass is 19.4. The Hall–Kier alpha value is -1.40. The van der Waals surface area contributed by atoms with Gasteiger partial charge in [-0.2, -0.15) is 26.3 Å². The molecule has 1 unspecified atom stereocenters. The molecule has 0 spiro atoms. The first-order chi connectivity index (χ1) is 11.4. The molecule has 0 radical (unpaired) electrons. The zero-order valence-electron chi connectivity index (χ0n) is 12.6. The Morgan fingerprint density at radius 1 is 0.960 bits per heavy atom. The van der Waals surface area contributed by atoms with Gasteiger partial charge in [-0.15, -0.1) is 0 Å². The van der Waals surface area contributed by atoms with E-state index < -0.39 is 37.5 Å². The van der Waals surface area contributed by atoms with Crippen LogP contribution in [0, 0.1) is 0 Å². The van der Waals surface area contributed by atoms with Crippen LogP contribution < -0.4 is 0 Å². The van der Waals surface area contributed by atoms with E-state index in [0.29, 0.717) is 0 Å². The van der Waals surface area contributed by atoms with Gasteiger partial charge in [-0.1, -0.05) is 24.3 Å². The summed E-state index contributed by atoms with van der Waals surface area (Å²) in [5, 5.41) is 25.6. The summed E-state index contributed by atoms with van der Waals surface area (Å²) in [7, 11) is 0. The fourth-order valence-electron chi connectivity index (χ4n) is 1.63. The van der Waals surface area contributed by atoms with Crippen molar-refractivity contribution in [3.05, 3.63) is 35.4 Å². The van der Waals surface area contributed by atoms with Crippen LogP contribution in [0.4, 0.5) is 26.3 Å². The smallest absolute Gasteiger partial charge is 0.394 e. The van der Waals surface area contributed by atoms with Gasteiger partial charge in [-0.05, 0) is 11.1 Å². The molecule has 1 aromatic rings. The molecule has 144 valence electrons. The molecular formula is C14H16F6O5. The second kappa shape index (κ2) is 8.32. The van der Waals surface area contributed by atoms with Crippen LogP contribution in [-0.4, -0.2) is 52.8 Å². The SMILES string of the molecule is OCC(O)COCc1ccccc1COC(F)(F)C(F)(F)C(O)(F)F. The quantitative estimate of drug-likeness (QED) is 0.542. The Balaban J connectivity index is 2.77. The Labute approximate surface area is 138 Å². The van der Waals surface area contributed by atoms with E-state index in [-0.39, 0.29) is 24.3 Å². The largest absolute Gasteiger partial charge is 0.428 e. The molecule has 1 atom stereocenters. The molecule has 0 saturated carbocycles. The molecular weight excluding hydrogens is 362 g/mol. The predicted molar refractivity (Wildman–Crippen MR) is 71.0 cm³/mol. The summed E-state index contributed by atoms with van der Waals surface area (Å²) in [5.74, 6) is -6.13. The fraction of sp³-hybridized carbons (Fsp3) is 0.571. The number of aliphatic hydroxyl groups excluding tert-OH is 2. The highest BCUT2D eigenvalue weighted by molar-refractivity contribution is 5.25. The van der Waals surface area contributed by atoms with Crippen molar-refractivity contribution in [3.63, 3.8) is 0 Å². The van der Waals surface area contributed by atoms with Crippen molar-refractivity contribution in [1.82, 2.24) is 0 Å². The number of halogens is 6. The molecule has 0 aliphatic heterocycles. The van der Waals surface area contributed by atoms with Crippen LogP contribution in [0.15, 0.2) is 24.3 Å². The van der Waals surface area contributed by atoms with Gasteiger partial charge in [0.05, 0.1) is 26.4 Å². The van der Waals surface area contributed by atoms with Gasteiger partial charge in [0, 0.05) is 0 Å². The average Bonchev–Trinajstić information content (AvgIpc) is 2.52. The highest BCUT2D eigenvalue weighted by Gasteiger charge is 2.73. The van der Waals surface area contributed by atoms with Gasteiger partial charge in [-0.25, -0.2) is 0 Å². The number of hydrogen-bond donors (Lipinski definition) is 3. The van der Waals surface area contributed by atoms with E-state index in [1.165, 1.54) is 24.3 Å². The number of ether oxygens (including phenoxy) is 2. The summed E-state index contributed by atoms with van der Waals surface area (Å²) in [4.78, 5) is 0. The lowest BCUT2D eigenvalue weighted by atomic mass is 10.1. The van der Waals surface area contributed by atoms with E-state index in [9.17, 15) is 26.3 Å². The molecule has 3 N–H and O–H groups in total. The van der Waals surface area contributed by atoms with Crippen molar-refractivity contribution in [2.45, 2.75) is 37.5 Å². The molecule has 0 heterocycles. The van der Waals surface area contributed by atoms with Crippen LogP contribution in [-0.2, 0) is 22.7 Å². The monoisotopic (exact) mass is 378 g/mol. The summed E-state index contributed by atoms with van der Waals surface area (Å²) in [6, 6.07) is 5.43. The minimum absolute atomic E-state index is 0.0577. The van der Waals surface area contributed by atoms with Crippen LogP contribution in [0.25, 0.3) is 0 Å². The third-order valence-electron chi connectivity index (χ3n) is 3.05. The molecule has 0 aliphatic rings. The van der Waals surface area contributed by atoms with Crippen molar-refractivity contribution in [2.75, 3.05) is 13.2 Å². The second-order valence-electron chi connectivity index (χ2n) is 5.04. The molecule has 0 aromatic heterocycles. The predicted octanol–water partition coefficient (Wildman–Crippen LogP) is 1.89. The van der Waals surface area contributed by atoms with Gasteiger partial charge < -0.3 is 24.8 Å². The number of hydrogen-bond acceptors (Lipinski definition) is 5.